The Hall–Kier alpha value is -1.39. The number of rotatable bonds is 9. The fraction of sp³-hybridized carbons (Fsp3) is 0.750. The summed E-state index contributed by atoms with van der Waals surface area (Å²) in [7, 11) is 0. The molecule has 0 aromatic carbocycles. The standard InChI is InChI=1S/C12H20N2O3/c1-2-3-4-7-10-13-14-11(17-10)8-5-6-9-12(15)16/h2-9H2,1H3,(H,15,16). The number of hydrogen-bond acceptors (Lipinski definition) is 4. The third-order valence-corrected chi connectivity index (χ3v) is 2.53. The SMILES string of the molecule is CCCCCc1nnc(CCCCC(=O)O)o1. The predicted molar refractivity (Wildman–Crippen MR) is 62.7 cm³/mol. The van der Waals surface area contributed by atoms with Gasteiger partial charge in [0.2, 0.25) is 11.8 Å². The normalized spacial score (nSPS) is 10.6. The van der Waals surface area contributed by atoms with E-state index in [1.807, 2.05) is 0 Å². The van der Waals surface area contributed by atoms with Crippen LogP contribution in [-0.2, 0) is 17.6 Å². The van der Waals surface area contributed by atoms with E-state index in [-0.39, 0.29) is 6.42 Å². The second-order valence-electron chi connectivity index (χ2n) is 4.15. The van der Waals surface area contributed by atoms with Crippen LogP contribution in [0.1, 0.15) is 57.2 Å². The van der Waals surface area contributed by atoms with Crippen molar-refractivity contribution in [3.63, 3.8) is 0 Å². The van der Waals surface area contributed by atoms with Gasteiger partial charge in [0, 0.05) is 19.3 Å². The lowest BCUT2D eigenvalue weighted by Crippen LogP contribution is -1.95. The number of carbonyl (C=O) groups is 1. The maximum atomic E-state index is 10.3. The highest BCUT2D eigenvalue weighted by Gasteiger charge is 2.06. The van der Waals surface area contributed by atoms with Gasteiger partial charge in [0.15, 0.2) is 0 Å². The van der Waals surface area contributed by atoms with Crippen molar-refractivity contribution in [2.45, 2.75) is 58.3 Å². The van der Waals surface area contributed by atoms with E-state index in [2.05, 4.69) is 17.1 Å². The minimum atomic E-state index is -0.754. The summed E-state index contributed by atoms with van der Waals surface area (Å²) in [6, 6.07) is 0. The zero-order valence-electron chi connectivity index (χ0n) is 10.3. The number of aromatic nitrogens is 2. The van der Waals surface area contributed by atoms with Gasteiger partial charge in [-0.05, 0) is 19.3 Å². The molecule has 5 nitrogen and oxygen atoms in total. The summed E-state index contributed by atoms with van der Waals surface area (Å²) >= 11 is 0. The van der Waals surface area contributed by atoms with Crippen LogP contribution >= 0.6 is 0 Å². The predicted octanol–water partition coefficient (Wildman–Crippen LogP) is 2.60. The van der Waals surface area contributed by atoms with Gasteiger partial charge in [-0.25, -0.2) is 0 Å². The number of carboxylic acid groups (broad SMARTS) is 1. The molecule has 0 radical (unpaired) electrons. The molecule has 0 unspecified atom stereocenters. The van der Waals surface area contributed by atoms with Crippen molar-refractivity contribution >= 4 is 5.97 Å². The molecule has 0 saturated heterocycles. The first-order valence-corrected chi connectivity index (χ1v) is 6.25. The molecular formula is C12H20N2O3. The van der Waals surface area contributed by atoms with Crippen LogP contribution in [0.4, 0.5) is 0 Å². The molecule has 1 heterocycles. The minimum Gasteiger partial charge on any atom is -0.481 e. The number of nitrogens with zero attached hydrogens (tertiary/aromatic N) is 2. The Balaban J connectivity index is 2.18. The van der Waals surface area contributed by atoms with E-state index in [1.54, 1.807) is 0 Å². The summed E-state index contributed by atoms with van der Waals surface area (Å²) in [6.07, 6.45) is 6.59. The largest absolute Gasteiger partial charge is 0.481 e. The zero-order valence-corrected chi connectivity index (χ0v) is 10.3. The summed E-state index contributed by atoms with van der Waals surface area (Å²) < 4.78 is 5.47. The molecule has 0 aliphatic carbocycles. The van der Waals surface area contributed by atoms with Gasteiger partial charge in [0.05, 0.1) is 0 Å². The van der Waals surface area contributed by atoms with Gasteiger partial charge in [-0.15, -0.1) is 10.2 Å². The second kappa shape index (κ2) is 7.81. The summed E-state index contributed by atoms with van der Waals surface area (Å²) in [5.41, 5.74) is 0. The number of aliphatic carboxylic acids is 1. The highest BCUT2D eigenvalue weighted by Crippen LogP contribution is 2.09. The maximum Gasteiger partial charge on any atom is 0.303 e. The zero-order chi connectivity index (χ0) is 12.5. The van der Waals surface area contributed by atoms with E-state index in [4.69, 9.17) is 9.52 Å². The lowest BCUT2D eigenvalue weighted by Gasteiger charge is -1.94. The first-order valence-electron chi connectivity index (χ1n) is 6.25. The molecule has 0 aliphatic heterocycles. The van der Waals surface area contributed by atoms with Crippen molar-refractivity contribution in [3.05, 3.63) is 11.8 Å². The second-order valence-corrected chi connectivity index (χ2v) is 4.15. The summed E-state index contributed by atoms with van der Waals surface area (Å²) in [4.78, 5) is 10.3. The molecule has 1 rings (SSSR count). The van der Waals surface area contributed by atoms with Crippen LogP contribution < -0.4 is 0 Å². The van der Waals surface area contributed by atoms with E-state index in [0.29, 0.717) is 24.6 Å². The number of hydrogen-bond donors (Lipinski definition) is 1. The summed E-state index contributed by atoms with van der Waals surface area (Å²) in [5.74, 6) is 0.573. The van der Waals surface area contributed by atoms with Gasteiger partial charge in [0.25, 0.3) is 0 Å². The molecule has 0 fully saturated rings. The molecule has 96 valence electrons. The van der Waals surface area contributed by atoms with E-state index in [0.717, 1.165) is 19.3 Å². The molecule has 1 N–H and O–H groups in total. The Labute approximate surface area is 101 Å². The van der Waals surface area contributed by atoms with Crippen LogP contribution in [0.2, 0.25) is 0 Å². The van der Waals surface area contributed by atoms with Crippen LogP contribution in [0.15, 0.2) is 4.42 Å². The molecule has 1 aromatic heterocycles. The average Bonchev–Trinajstić information content (AvgIpc) is 2.73. The van der Waals surface area contributed by atoms with Gasteiger partial charge < -0.3 is 9.52 Å². The smallest absolute Gasteiger partial charge is 0.303 e. The van der Waals surface area contributed by atoms with Crippen LogP contribution in [-0.4, -0.2) is 21.3 Å². The quantitative estimate of drug-likeness (QED) is 0.671. The summed E-state index contributed by atoms with van der Waals surface area (Å²) in [6.45, 7) is 2.15. The molecule has 0 aliphatic rings. The summed E-state index contributed by atoms with van der Waals surface area (Å²) in [5, 5.41) is 16.4. The van der Waals surface area contributed by atoms with Gasteiger partial charge in [-0.1, -0.05) is 19.8 Å². The highest BCUT2D eigenvalue weighted by atomic mass is 16.4. The van der Waals surface area contributed by atoms with E-state index in [9.17, 15) is 4.79 Å². The Morgan fingerprint density at radius 2 is 1.71 bits per heavy atom. The Kier molecular flexibility index (Phi) is 6.29. The first-order chi connectivity index (χ1) is 8.22. The van der Waals surface area contributed by atoms with E-state index < -0.39 is 5.97 Å². The third kappa shape index (κ3) is 6.04. The molecule has 5 heteroatoms. The van der Waals surface area contributed by atoms with Crippen LogP contribution in [0.25, 0.3) is 0 Å². The maximum absolute atomic E-state index is 10.3. The molecule has 17 heavy (non-hydrogen) atoms. The molecule has 1 aromatic rings. The van der Waals surface area contributed by atoms with Crippen LogP contribution in [0.5, 0.6) is 0 Å². The topological polar surface area (TPSA) is 76.2 Å². The molecule has 0 spiro atoms. The fourth-order valence-electron chi connectivity index (χ4n) is 1.57. The van der Waals surface area contributed by atoms with Crippen LogP contribution in [0, 0.1) is 0 Å². The third-order valence-electron chi connectivity index (χ3n) is 2.53. The van der Waals surface area contributed by atoms with Crippen molar-refractivity contribution in [1.82, 2.24) is 10.2 Å². The van der Waals surface area contributed by atoms with Crippen LogP contribution in [0.3, 0.4) is 0 Å². The number of aryl methyl sites for hydroxylation is 2. The molecule has 0 amide bonds. The van der Waals surface area contributed by atoms with Gasteiger partial charge in [-0.3, -0.25) is 4.79 Å². The lowest BCUT2D eigenvalue weighted by atomic mass is 10.2. The van der Waals surface area contributed by atoms with E-state index >= 15 is 0 Å². The van der Waals surface area contributed by atoms with Crippen molar-refractivity contribution in [3.8, 4) is 0 Å². The van der Waals surface area contributed by atoms with Crippen molar-refractivity contribution in [1.29, 1.82) is 0 Å². The van der Waals surface area contributed by atoms with Crippen molar-refractivity contribution < 1.29 is 14.3 Å². The molecule has 0 saturated carbocycles. The number of carboxylic acids is 1. The minimum absolute atomic E-state index is 0.206. The van der Waals surface area contributed by atoms with Gasteiger partial charge >= 0.3 is 5.97 Å². The Morgan fingerprint density at radius 1 is 1.12 bits per heavy atom. The lowest BCUT2D eigenvalue weighted by molar-refractivity contribution is -0.137. The number of unbranched alkanes of at least 4 members (excludes halogenated alkanes) is 3. The molecule has 0 bridgehead atoms. The Bertz CT molecular complexity index is 336. The molecule has 0 atom stereocenters. The van der Waals surface area contributed by atoms with Crippen molar-refractivity contribution in [2.75, 3.05) is 0 Å². The van der Waals surface area contributed by atoms with Crippen molar-refractivity contribution in [2.24, 2.45) is 0 Å². The Morgan fingerprint density at radius 3 is 2.24 bits per heavy atom. The van der Waals surface area contributed by atoms with Gasteiger partial charge in [-0.2, -0.15) is 0 Å². The highest BCUT2D eigenvalue weighted by molar-refractivity contribution is 5.66. The fourth-order valence-corrected chi connectivity index (χ4v) is 1.57. The first kappa shape index (κ1) is 13.7. The molecular weight excluding hydrogens is 220 g/mol. The van der Waals surface area contributed by atoms with E-state index in [1.165, 1.54) is 12.8 Å². The monoisotopic (exact) mass is 240 g/mol. The average molecular weight is 240 g/mol. The van der Waals surface area contributed by atoms with Gasteiger partial charge in [0.1, 0.15) is 0 Å².